The second-order valence-electron chi connectivity index (χ2n) is 6.81. The van der Waals surface area contributed by atoms with Crippen molar-refractivity contribution in [2.24, 2.45) is 5.10 Å². The van der Waals surface area contributed by atoms with Gasteiger partial charge in [0.2, 0.25) is 0 Å². The molecule has 166 valence electrons. The molecule has 1 amide bonds. The van der Waals surface area contributed by atoms with E-state index in [1.165, 1.54) is 43.7 Å². The maximum Gasteiger partial charge on any atom is 0.264 e. The fourth-order valence-corrected chi connectivity index (χ4v) is 4.33. The zero-order valence-electron chi connectivity index (χ0n) is 17.5. The van der Waals surface area contributed by atoms with Gasteiger partial charge in [0, 0.05) is 5.56 Å². The molecule has 0 bridgehead atoms. The Hall–Kier alpha value is -3.72. The van der Waals surface area contributed by atoms with E-state index in [0.717, 1.165) is 15.9 Å². The van der Waals surface area contributed by atoms with E-state index in [2.05, 4.69) is 10.5 Å². The Kier molecular flexibility index (Phi) is 7.21. The largest absolute Gasteiger partial charge is 0.496 e. The van der Waals surface area contributed by atoms with Crippen LogP contribution >= 0.6 is 0 Å². The van der Waals surface area contributed by atoms with Crippen molar-refractivity contribution in [2.75, 3.05) is 18.0 Å². The SMILES string of the molecule is COc1ccccc1/C=N\NC(=O)CN(c1ccccc1F)S(=O)(=O)c1ccc(C)cc1. The Bertz CT molecular complexity index is 1230. The third kappa shape index (κ3) is 5.30. The van der Waals surface area contributed by atoms with Gasteiger partial charge in [-0.1, -0.05) is 42.0 Å². The summed E-state index contributed by atoms with van der Waals surface area (Å²) in [5.74, 6) is -0.955. The highest BCUT2D eigenvalue weighted by Gasteiger charge is 2.29. The minimum atomic E-state index is -4.22. The first kappa shape index (κ1) is 23.0. The van der Waals surface area contributed by atoms with Crippen LogP contribution in [0.5, 0.6) is 5.75 Å². The second-order valence-corrected chi connectivity index (χ2v) is 8.67. The number of carbonyl (C=O) groups excluding carboxylic acids is 1. The average Bonchev–Trinajstić information content (AvgIpc) is 2.78. The van der Waals surface area contributed by atoms with Gasteiger partial charge in [-0.05, 0) is 43.3 Å². The number of nitrogens with one attached hydrogen (secondary N) is 1. The molecule has 0 saturated carbocycles. The Balaban J connectivity index is 1.86. The van der Waals surface area contributed by atoms with E-state index in [1.54, 1.807) is 36.4 Å². The standard InChI is InChI=1S/C23H22FN3O4S/c1-17-11-13-19(14-12-17)32(29,30)27(21-9-5-4-8-20(21)24)16-23(28)26-25-15-18-7-3-6-10-22(18)31-2/h3-15H,16H2,1-2H3,(H,26,28)/b25-15-. The molecule has 0 aliphatic carbocycles. The average molecular weight is 456 g/mol. The molecule has 0 unspecified atom stereocenters. The first-order valence-corrected chi connectivity index (χ1v) is 11.1. The molecule has 3 aromatic carbocycles. The van der Waals surface area contributed by atoms with Crippen LogP contribution in [0.1, 0.15) is 11.1 Å². The third-order valence-corrected chi connectivity index (χ3v) is 6.32. The molecule has 0 radical (unpaired) electrons. The number of rotatable bonds is 8. The molecule has 0 spiro atoms. The molecule has 3 aromatic rings. The quantitative estimate of drug-likeness (QED) is 0.416. The van der Waals surface area contributed by atoms with Gasteiger partial charge >= 0.3 is 0 Å². The molecule has 0 saturated heterocycles. The van der Waals surface area contributed by atoms with E-state index in [9.17, 15) is 17.6 Å². The van der Waals surface area contributed by atoms with Gasteiger partial charge in [0.25, 0.3) is 15.9 Å². The second kappa shape index (κ2) is 10.1. The molecule has 7 nitrogen and oxygen atoms in total. The topological polar surface area (TPSA) is 88.1 Å². The Morgan fingerprint density at radius 3 is 2.41 bits per heavy atom. The van der Waals surface area contributed by atoms with E-state index in [1.807, 2.05) is 6.92 Å². The van der Waals surface area contributed by atoms with Gasteiger partial charge in [-0.25, -0.2) is 18.2 Å². The lowest BCUT2D eigenvalue weighted by Gasteiger charge is -2.24. The van der Waals surface area contributed by atoms with Gasteiger partial charge in [-0.15, -0.1) is 0 Å². The summed E-state index contributed by atoms with van der Waals surface area (Å²) in [7, 11) is -2.71. The summed E-state index contributed by atoms with van der Waals surface area (Å²) >= 11 is 0. The number of halogens is 1. The van der Waals surface area contributed by atoms with Gasteiger partial charge in [0.15, 0.2) is 0 Å². The van der Waals surface area contributed by atoms with Crippen molar-refractivity contribution in [2.45, 2.75) is 11.8 Å². The van der Waals surface area contributed by atoms with Gasteiger partial charge in [-0.3, -0.25) is 9.10 Å². The number of ether oxygens (including phenoxy) is 1. The van der Waals surface area contributed by atoms with E-state index < -0.39 is 28.3 Å². The number of sulfonamides is 1. The lowest BCUT2D eigenvalue weighted by molar-refractivity contribution is -0.119. The van der Waals surface area contributed by atoms with Crippen LogP contribution in [0.2, 0.25) is 0 Å². The van der Waals surface area contributed by atoms with Crippen LogP contribution in [-0.4, -0.2) is 34.2 Å². The number of amides is 1. The number of aryl methyl sites for hydroxylation is 1. The number of hydrogen-bond donors (Lipinski definition) is 1. The minimum Gasteiger partial charge on any atom is -0.496 e. The van der Waals surface area contributed by atoms with Crippen molar-refractivity contribution in [1.82, 2.24) is 5.43 Å². The molecule has 0 aliphatic rings. The van der Waals surface area contributed by atoms with Gasteiger partial charge < -0.3 is 4.74 Å². The number of anilines is 1. The normalized spacial score (nSPS) is 11.3. The van der Waals surface area contributed by atoms with Crippen LogP contribution in [-0.2, 0) is 14.8 Å². The fourth-order valence-electron chi connectivity index (χ4n) is 2.90. The lowest BCUT2D eigenvalue weighted by Crippen LogP contribution is -2.40. The Morgan fingerprint density at radius 2 is 1.72 bits per heavy atom. The molecule has 9 heteroatoms. The number of para-hydroxylation sites is 2. The van der Waals surface area contributed by atoms with Crippen LogP contribution < -0.4 is 14.5 Å². The zero-order chi connectivity index (χ0) is 23.1. The Morgan fingerprint density at radius 1 is 1.06 bits per heavy atom. The summed E-state index contributed by atoms with van der Waals surface area (Å²) in [5.41, 5.74) is 3.53. The van der Waals surface area contributed by atoms with Crippen LogP contribution in [0.3, 0.4) is 0 Å². The highest BCUT2D eigenvalue weighted by Crippen LogP contribution is 2.26. The van der Waals surface area contributed by atoms with Crippen molar-refractivity contribution in [3.63, 3.8) is 0 Å². The van der Waals surface area contributed by atoms with E-state index in [-0.39, 0.29) is 10.6 Å². The number of hydrazone groups is 1. The molecular weight excluding hydrogens is 433 g/mol. The van der Waals surface area contributed by atoms with Crippen LogP contribution in [0.15, 0.2) is 82.8 Å². The zero-order valence-corrected chi connectivity index (χ0v) is 18.3. The smallest absolute Gasteiger partial charge is 0.264 e. The lowest BCUT2D eigenvalue weighted by atomic mass is 10.2. The van der Waals surface area contributed by atoms with Gasteiger partial charge in [0.1, 0.15) is 18.1 Å². The van der Waals surface area contributed by atoms with Crippen molar-refractivity contribution in [3.8, 4) is 5.75 Å². The van der Waals surface area contributed by atoms with Gasteiger partial charge in [-0.2, -0.15) is 5.10 Å². The van der Waals surface area contributed by atoms with Crippen LogP contribution in [0, 0.1) is 12.7 Å². The van der Waals surface area contributed by atoms with Crippen molar-refractivity contribution in [3.05, 3.63) is 89.7 Å². The van der Waals surface area contributed by atoms with Gasteiger partial charge in [0.05, 0.1) is 23.9 Å². The number of methoxy groups -OCH3 is 1. The summed E-state index contributed by atoms with van der Waals surface area (Å²) in [5, 5.41) is 3.87. The monoisotopic (exact) mass is 455 g/mol. The molecule has 32 heavy (non-hydrogen) atoms. The maximum absolute atomic E-state index is 14.5. The molecule has 0 aromatic heterocycles. The molecule has 0 heterocycles. The first-order chi connectivity index (χ1) is 15.3. The summed E-state index contributed by atoms with van der Waals surface area (Å²) in [6, 6.07) is 18.5. The van der Waals surface area contributed by atoms with Crippen molar-refractivity contribution in [1.29, 1.82) is 0 Å². The fraction of sp³-hybridized carbons (Fsp3) is 0.130. The minimum absolute atomic E-state index is 0.0586. The summed E-state index contributed by atoms with van der Waals surface area (Å²) in [4.78, 5) is 12.5. The molecule has 3 rings (SSSR count). The predicted molar refractivity (Wildman–Crippen MR) is 121 cm³/mol. The van der Waals surface area contributed by atoms with Crippen LogP contribution in [0.25, 0.3) is 0 Å². The van der Waals surface area contributed by atoms with E-state index in [0.29, 0.717) is 11.3 Å². The molecular formula is C23H22FN3O4S. The highest BCUT2D eigenvalue weighted by molar-refractivity contribution is 7.92. The predicted octanol–water partition coefficient (Wildman–Crippen LogP) is 3.49. The Labute approximate surface area is 186 Å². The van der Waals surface area contributed by atoms with Crippen molar-refractivity contribution >= 4 is 27.8 Å². The summed E-state index contributed by atoms with van der Waals surface area (Å²) in [6.07, 6.45) is 1.37. The highest BCUT2D eigenvalue weighted by atomic mass is 32.2. The third-order valence-electron chi connectivity index (χ3n) is 4.55. The summed E-state index contributed by atoms with van der Waals surface area (Å²) in [6.45, 7) is 1.15. The van der Waals surface area contributed by atoms with Crippen molar-refractivity contribution < 1.29 is 22.3 Å². The molecule has 1 N–H and O–H groups in total. The molecule has 0 aliphatic heterocycles. The first-order valence-electron chi connectivity index (χ1n) is 9.62. The maximum atomic E-state index is 14.5. The summed E-state index contributed by atoms with van der Waals surface area (Å²) < 4.78 is 46.9. The number of benzene rings is 3. The van der Waals surface area contributed by atoms with Crippen LogP contribution in [0.4, 0.5) is 10.1 Å². The number of hydrogen-bond acceptors (Lipinski definition) is 5. The molecule has 0 atom stereocenters. The van der Waals surface area contributed by atoms with E-state index in [4.69, 9.17) is 4.74 Å². The number of carbonyl (C=O) groups is 1. The molecule has 0 fully saturated rings. The van der Waals surface area contributed by atoms with E-state index >= 15 is 0 Å². The number of nitrogens with zero attached hydrogens (tertiary/aromatic N) is 2.